The van der Waals surface area contributed by atoms with Gasteiger partial charge in [-0.3, -0.25) is 4.98 Å². The summed E-state index contributed by atoms with van der Waals surface area (Å²) in [5, 5.41) is 0.355. The van der Waals surface area contributed by atoms with Gasteiger partial charge >= 0.3 is 5.97 Å². The third-order valence-corrected chi connectivity index (χ3v) is 3.70. The van der Waals surface area contributed by atoms with Crippen molar-refractivity contribution in [1.82, 2.24) is 4.98 Å². The molecule has 1 rings (SSSR count). The van der Waals surface area contributed by atoms with Gasteiger partial charge in [-0.15, -0.1) is 0 Å². The van der Waals surface area contributed by atoms with Crippen LogP contribution < -0.4 is 0 Å². The highest BCUT2D eigenvalue weighted by molar-refractivity contribution is 14.1. The van der Waals surface area contributed by atoms with Crippen LogP contribution in [0, 0.1) is 3.57 Å². The molecule has 0 unspecified atom stereocenters. The smallest absolute Gasteiger partial charge is 0.340 e. The maximum atomic E-state index is 12.9. The summed E-state index contributed by atoms with van der Waals surface area (Å²) >= 11 is 4.92. The second-order valence-corrected chi connectivity index (χ2v) is 4.64. The molecule has 1 heterocycles. The van der Waals surface area contributed by atoms with Gasteiger partial charge in [-0.2, -0.15) is 0 Å². The van der Waals surface area contributed by atoms with Crippen molar-refractivity contribution < 1.29 is 18.3 Å². The van der Waals surface area contributed by atoms with Crippen molar-refractivity contribution >= 4 is 44.5 Å². The second kappa shape index (κ2) is 6.58. The van der Waals surface area contributed by atoms with Gasteiger partial charge in [0.2, 0.25) is 0 Å². The lowest BCUT2D eigenvalue weighted by molar-refractivity contribution is 0.0514. The fraction of sp³-hybridized carbons (Fsp3) is 0.400. The molecule has 0 amide bonds. The number of aromatic nitrogens is 1. The highest BCUT2D eigenvalue weighted by Crippen LogP contribution is 2.30. The van der Waals surface area contributed by atoms with Crippen molar-refractivity contribution in [2.45, 2.75) is 18.7 Å². The zero-order valence-electron chi connectivity index (χ0n) is 8.84. The summed E-state index contributed by atoms with van der Waals surface area (Å²) in [6.07, 6.45) is -1.60. The van der Waals surface area contributed by atoms with Crippen LogP contribution in [0.4, 0.5) is 8.78 Å². The van der Waals surface area contributed by atoms with E-state index in [4.69, 9.17) is 4.74 Å². The first-order chi connectivity index (χ1) is 8.02. The molecule has 0 atom stereocenters. The summed E-state index contributed by atoms with van der Waals surface area (Å²) in [6.45, 7) is 1.75. The van der Waals surface area contributed by atoms with Gasteiger partial charge in [0.15, 0.2) is 0 Å². The zero-order chi connectivity index (χ0) is 13.0. The molecule has 0 aliphatic rings. The van der Waals surface area contributed by atoms with Gasteiger partial charge in [0, 0.05) is 20.7 Å². The second-order valence-electron chi connectivity index (χ2n) is 3.00. The van der Waals surface area contributed by atoms with E-state index < -0.39 is 12.4 Å². The Morgan fingerprint density at radius 3 is 2.76 bits per heavy atom. The molecule has 0 N–H and O–H groups in total. The van der Waals surface area contributed by atoms with Crippen molar-refractivity contribution in [3.05, 3.63) is 26.6 Å². The molecule has 17 heavy (non-hydrogen) atoms. The molecule has 1 aromatic rings. The summed E-state index contributed by atoms with van der Waals surface area (Å²) in [5.74, 6) is -0.769. The third-order valence-electron chi connectivity index (χ3n) is 1.97. The van der Waals surface area contributed by atoms with Gasteiger partial charge in [0.05, 0.1) is 17.9 Å². The fourth-order valence-electron chi connectivity index (χ4n) is 1.22. The molecule has 0 aliphatic heterocycles. The van der Waals surface area contributed by atoms with Crippen LogP contribution in [0.1, 0.15) is 35.0 Å². The predicted molar refractivity (Wildman–Crippen MR) is 70.5 cm³/mol. The van der Waals surface area contributed by atoms with Crippen molar-refractivity contribution in [2.24, 2.45) is 0 Å². The Labute approximate surface area is 119 Å². The number of esters is 1. The Kier molecular flexibility index (Phi) is 5.71. The fourth-order valence-corrected chi connectivity index (χ4v) is 3.03. The molecular weight excluding hydrogens is 411 g/mol. The molecule has 94 valence electrons. The number of alkyl halides is 3. The number of halogens is 4. The van der Waals surface area contributed by atoms with Crippen LogP contribution in [0.25, 0.3) is 0 Å². The van der Waals surface area contributed by atoms with E-state index in [-0.39, 0.29) is 17.7 Å². The van der Waals surface area contributed by atoms with Gasteiger partial charge < -0.3 is 4.74 Å². The van der Waals surface area contributed by atoms with Crippen LogP contribution >= 0.6 is 38.5 Å². The van der Waals surface area contributed by atoms with E-state index in [0.29, 0.717) is 14.6 Å². The Balaban J connectivity index is 3.31. The maximum absolute atomic E-state index is 12.9. The summed E-state index contributed by atoms with van der Waals surface area (Å²) < 4.78 is 30.9. The topological polar surface area (TPSA) is 39.2 Å². The largest absolute Gasteiger partial charge is 0.462 e. The van der Waals surface area contributed by atoms with Gasteiger partial charge in [0.1, 0.15) is 0 Å². The van der Waals surface area contributed by atoms with Crippen molar-refractivity contribution in [1.29, 1.82) is 0 Å². The van der Waals surface area contributed by atoms with Crippen molar-refractivity contribution in [3.63, 3.8) is 0 Å². The summed E-state index contributed by atoms with van der Waals surface area (Å²) in [5.41, 5.74) is -0.00148. The first kappa shape index (κ1) is 14.7. The molecule has 0 aliphatic carbocycles. The monoisotopic (exact) mass is 419 g/mol. The number of hydrogen-bond donors (Lipinski definition) is 0. The van der Waals surface area contributed by atoms with E-state index in [2.05, 4.69) is 20.9 Å². The first-order valence-corrected chi connectivity index (χ1v) is 6.91. The highest BCUT2D eigenvalue weighted by Gasteiger charge is 2.24. The molecule has 0 aromatic carbocycles. The van der Waals surface area contributed by atoms with Gasteiger partial charge in [-0.05, 0) is 29.5 Å². The van der Waals surface area contributed by atoms with E-state index in [1.807, 2.05) is 0 Å². The quantitative estimate of drug-likeness (QED) is 0.424. The van der Waals surface area contributed by atoms with Crippen LogP contribution in [0.15, 0.2) is 6.20 Å². The predicted octanol–water partition coefficient (Wildman–Crippen LogP) is 3.70. The molecule has 0 saturated carbocycles. The number of pyridine rings is 1. The number of ether oxygens (including phenoxy) is 1. The SMILES string of the molecule is CCOC(=O)c1cnc(CBr)c(I)c1C(F)F. The van der Waals surface area contributed by atoms with Crippen molar-refractivity contribution in [3.8, 4) is 0 Å². The molecule has 0 fully saturated rings. The molecule has 0 saturated heterocycles. The molecule has 0 bridgehead atoms. The third kappa shape index (κ3) is 3.34. The number of hydrogen-bond acceptors (Lipinski definition) is 3. The molecular formula is C10H9BrF2INO2. The average Bonchev–Trinajstić information content (AvgIpc) is 2.28. The van der Waals surface area contributed by atoms with Crippen molar-refractivity contribution in [2.75, 3.05) is 6.61 Å². The number of rotatable bonds is 4. The minimum atomic E-state index is -2.73. The normalized spacial score (nSPS) is 10.7. The minimum absolute atomic E-state index is 0.137. The lowest BCUT2D eigenvalue weighted by Crippen LogP contribution is -2.12. The molecule has 3 nitrogen and oxygen atoms in total. The zero-order valence-corrected chi connectivity index (χ0v) is 12.6. The molecule has 0 radical (unpaired) electrons. The Hall–Kier alpha value is -0.310. The first-order valence-electron chi connectivity index (χ1n) is 4.71. The Morgan fingerprint density at radius 1 is 1.65 bits per heavy atom. The molecule has 7 heteroatoms. The van der Waals surface area contributed by atoms with E-state index >= 15 is 0 Å². The number of carbonyl (C=O) groups is 1. The minimum Gasteiger partial charge on any atom is -0.462 e. The lowest BCUT2D eigenvalue weighted by Gasteiger charge is -2.11. The van der Waals surface area contributed by atoms with E-state index in [9.17, 15) is 13.6 Å². The highest BCUT2D eigenvalue weighted by atomic mass is 127. The maximum Gasteiger partial charge on any atom is 0.340 e. The number of nitrogens with zero attached hydrogens (tertiary/aromatic N) is 1. The van der Waals surface area contributed by atoms with Gasteiger partial charge in [0.25, 0.3) is 6.43 Å². The van der Waals surface area contributed by atoms with Crippen LogP contribution in [0.3, 0.4) is 0 Å². The van der Waals surface area contributed by atoms with Gasteiger partial charge in [-0.1, -0.05) is 15.9 Å². The molecule has 1 aromatic heterocycles. The number of carbonyl (C=O) groups excluding carboxylic acids is 1. The average molecular weight is 420 g/mol. The van der Waals surface area contributed by atoms with E-state index in [1.165, 1.54) is 0 Å². The summed E-state index contributed by atoms with van der Waals surface area (Å²) in [7, 11) is 0. The van der Waals surface area contributed by atoms with Crippen LogP contribution in [0.5, 0.6) is 0 Å². The lowest BCUT2D eigenvalue weighted by atomic mass is 10.1. The molecule has 0 spiro atoms. The van der Waals surface area contributed by atoms with Crippen LogP contribution in [0.2, 0.25) is 0 Å². The Bertz CT molecular complexity index is 429. The van der Waals surface area contributed by atoms with E-state index in [1.54, 1.807) is 29.5 Å². The van der Waals surface area contributed by atoms with Gasteiger partial charge in [-0.25, -0.2) is 13.6 Å². The summed E-state index contributed by atoms with van der Waals surface area (Å²) in [6, 6.07) is 0. The van der Waals surface area contributed by atoms with Crippen LogP contribution in [-0.4, -0.2) is 17.6 Å². The van der Waals surface area contributed by atoms with E-state index in [0.717, 1.165) is 6.20 Å². The van der Waals surface area contributed by atoms with Crippen LogP contribution in [-0.2, 0) is 10.1 Å². The summed E-state index contributed by atoms with van der Waals surface area (Å²) in [4.78, 5) is 15.5. The Morgan fingerprint density at radius 2 is 2.29 bits per heavy atom. The standard InChI is InChI=1S/C10H9BrF2INO2/c1-2-17-10(16)5-4-15-6(3-11)8(14)7(5)9(12)13/h4,9H,2-3H2,1H3.